The number of hydrogen-bond donors (Lipinski definition) is 4. The molecule has 1 aliphatic rings. The minimum Gasteiger partial charge on any atom is -0.391 e. The molecule has 176 valence electrons. The van der Waals surface area contributed by atoms with Gasteiger partial charge in [-0.25, -0.2) is 4.39 Å². The fourth-order valence-electron chi connectivity index (χ4n) is 4.06. The largest absolute Gasteiger partial charge is 0.391 e. The van der Waals surface area contributed by atoms with Crippen LogP contribution in [0.4, 0.5) is 4.39 Å². The van der Waals surface area contributed by atoms with Gasteiger partial charge in [-0.1, -0.05) is 11.6 Å². The number of likely N-dealkylation sites (N-methyl/N-ethyl adjacent to an activating group) is 1. The van der Waals surface area contributed by atoms with Gasteiger partial charge in [0.05, 0.1) is 24.3 Å². The predicted octanol–water partition coefficient (Wildman–Crippen LogP) is 1.59. The zero-order chi connectivity index (χ0) is 23.6. The lowest BCUT2D eigenvalue weighted by molar-refractivity contribution is -0.141. The summed E-state index contributed by atoms with van der Waals surface area (Å²) in [6.07, 6.45) is -0.647. The monoisotopic (exact) mass is 468 g/mol. The maximum Gasteiger partial charge on any atom is 0.248 e. The molecule has 3 rings (SSSR count). The van der Waals surface area contributed by atoms with Crippen molar-refractivity contribution in [2.75, 3.05) is 20.7 Å². The molecule has 1 saturated heterocycles. The predicted molar refractivity (Wildman–Crippen MR) is 120 cm³/mol. The van der Waals surface area contributed by atoms with Gasteiger partial charge in [-0.3, -0.25) is 9.59 Å². The number of aromatic nitrogens is 1. The minimum absolute atomic E-state index is 0.284. The number of benzene rings is 1. The average molecular weight is 469 g/mol. The van der Waals surface area contributed by atoms with Crippen molar-refractivity contribution in [2.24, 2.45) is 0 Å². The van der Waals surface area contributed by atoms with Crippen LogP contribution in [0.5, 0.6) is 0 Å². The molecular weight excluding hydrogens is 439 g/mol. The molecule has 0 saturated carbocycles. The Morgan fingerprint density at radius 1 is 1.41 bits per heavy atom. The number of nitrogens with one attached hydrogen (secondary N) is 3. The van der Waals surface area contributed by atoms with E-state index >= 15 is 0 Å². The van der Waals surface area contributed by atoms with Crippen LogP contribution in [0, 0.1) is 5.82 Å². The van der Waals surface area contributed by atoms with E-state index in [1.165, 1.54) is 19.2 Å². The summed E-state index contributed by atoms with van der Waals surface area (Å²) < 4.78 is 18.9. The highest BCUT2D eigenvalue weighted by molar-refractivity contribution is 6.31. The summed E-state index contributed by atoms with van der Waals surface area (Å²) in [7, 11) is 3.13. The normalized spacial score (nSPS) is 21.5. The Balaban J connectivity index is 1.87. The van der Waals surface area contributed by atoms with Crippen molar-refractivity contribution in [3.05, 3.63) is 34.7 Å². The van der Waals surface area contributed by atoms with Crippen molar-refractivity contribution in [3.8, 4) is 0 Å². The molecular formula is C22H30ClFN4O4. The molecule has 8 nitrogen and oxygen atoms in total. The van der Waals surface area contributed by atoms with Gasteiger partial charge in [0, 0.05) is 24.6 Å². The molecule has 0 radical (unpaired) electrons. The highest BCUT2D eigenvalue weighted by Gasteiger charge is 2.41. The minimum atomic E-state index is -0.913. The Labute approximate surface area is 191 Å². The number of carbonyl (C=O) groups is 2. The molecule has 5 atom stereocenters. The van der Waals surface area contributed by atoms with E-state index in [2.05, 4.69) is 15.6 Å². The van der Waals surface area contributed by atoms with E-state index in [0.717, 1.165) is 5.39 Å². The smallest absolute Gasteiger partial charge is 0.248 e. The van der Waals surface area contributed by atoms with E-state index in [-0.39, 0.29) is 24.1 Å². The molecule has 0 bridgehead atoms. The van der Waals surface area contributed by atoms with Crippen molar-refractivity contribution < 1.29 is 23.8 Å². The number of ether oxygens (including phenoxy) is 1. The Morgan fingerprint density at radius 3 is 2.78 bits per heavy atom. The molecule has 0 spiro atoms. The molecule has 4 N–H and O–H groups in total. The van der Waals surface area contributed by atoms with Crippen LogP contribution in [0.15, 0.2) is 18.2 Å². The van der Waals surface area contributed by atoms with Crippen molar-refractivity contribution in [3.63, 3.8) is 0 Å². The number of amides is 2. The number of aliphatic hydroxyl groups excluding tert-OH is 1. The Hall–Kier alpha value is -2.20. The topological polar surface area (TPSA) is 107 Å². The summed E-state index contributed by atoms with van der Waals surface area (Å²) in [4.78, 5) is 30.5. The third kappa shape index (κ3) is 4.91. The van der Waals surface area contributed by atoms with Gasteiger partial charge in [0.2, 0.25) is 11.8 Å². The standard InChI is InChI=1S/C22H30ClFN4O4/c1-11(25-3)21(30)27-19(12(2)32-4)22(31)28-8-7-18(29)17(28)10-15-14-6-5-13(24)9-16(14)26-20(15)23/h5-6,9,11-12,17-19,25-26,29H,7-8,10H2,1-4H3,(H,27,30)/t11-,12+,17+,18-,19-/m0/s1. The summed E-state index contributed by atoms with van der Waals surface area (Å²) in [6.45, 7) is 3.74. The third-order valence-electron chi connectivity index (χ3n) is 6.25. The van der Waals surface area contributed by atoms with E-state index < -0.39 is 30.3 Å². The van der Waals surface area contributed by atoms with Gasteiger partial charge in [-0.05, 0) is 57.5 Å². The SMILES string of the molecule is CN[C@@H](C)C(=O)N[C@H](C(=O)N1CC[C@H](O)[C@H]1Cc1c(Cl)[nH]c2cc(F)ccc12)[C@@H](C)OC. The first-order chi connectivity index (χ1) is 15.2. The quantitative estimate of drug-likeness (QED) is 0.471. The molecule has 1 fully saturated rings. The average Bonchev–Trinajstić information content (AvgIpc) is 3.29. The molecule has 1 aromatic heterocycles. The van der Waals surface area contributed by atoms with E-state index in [0.29, 0.717) is 29.2 Å². The Bertz CT molecular complexity index is 984. The molecule has 32 heavy (non-hydrogen) atoms. The first-order valence-electron chi connectivity index (χ1n) is 10.6. The number of aromatic amines is 1. The lowest BCUT2D eigenvalue weighted by atomic mass is 10.0. The second-order valence-electron chi connectivity index (χ2n) is 8.20. The van der Waals surface area contributed by atoms with E-state index in [4.69, 9.17) is 16.3 Å². The van der Waals surface area contributed by atoms with Crippen LogP contribution < -0.4 is 10.6 Å². The number of fused-ring (bicyclic) bond motifs is 1. The summed E-state index contributed by atoms with van der Waals surface area (Å²) in [5.41, 5.74) is 1.25. The highest BCUT2D eigenvalue weighted by atomic mass is 35.5. The Morgan fingerprint density at radius 2 is 2.12 bits per heavy atom. The summed E-state index contributed by atoms with van der Waals surface area (Å²) in [6, 6.07) is 2.38. The number of carbonyl (C=O) groups excluding carboxylic acids is 2. The van der Waals surface area contributed by atoms with Crippen LogP contribution in [-0.2, 0) is 20.7 Å². The van der Waals surface area contributed by atoms with Crippen LogP contribution in [0.2, 0.25) is 5.15 Å². The maximum atomic E-state index is 13.6. The van der Waals surface area contributed by atoms with Gasteiger partial charge in [-0.2, -0.15) is 0 Å². The van der Waals surface area contributed by atoms with Gasteiger partial charge in [-0.15, -0.1) is 0 Å². The summed E-state index contributed by atoms with van der Waals surface area (Å²) in [5.74, 6) is -1.05. The highest BCUT2D eigenvalue weighted by Crippen LogP contribution is 2.32. The van der Waals surface area contributed by atoms with E-state index in [1.54, 1.807) is 31.9 Å². The summed E-state index contributed by atoms with van der Waals surface area (Å²) >= 11 is 6.38. The van der Waals surface area contributed by atoms with Gasteiger partial charge in [0.25, 0.3) is 0 Å². The fraction of sp³-hybridized carbons (Fsp3) is 0.545. The molecule has 1 aromatic carbocycles. The number of methoxy groups -OCH3 is 1. The van der Waals surface area contributed by atoms with E-state index in [9.17, 15) is 19.1 Å². The number of rotatable bonds is 8. The molecule has 2 amide bonds. The first-order valence-corrected chi connectivity index (χ1v) is 11.0. The maximum absolute atomic E-state index is 13.6. The molecule has 2 heterocycles. The number of likely N-dealkylation sites (tertiary alicyclic amines) is 1. The van der Waals surface area contributed by atoms with Gasteiger partial charge in [0.1, 0.15) is 17.0 Å². The molecule has 2 aromatic rings. The zero-order valence-corrected chi connectivity index (χ0v) is 19.4. The zero-order valence-electron chi connectivity index (χ0n) is 18.6. The summed E-state index contributed by atoms with van der Waals surface area (Å²) in [5, 5.41) is 17.4. The fourth-order valence-corrected chi connectivity index (χ4v) is 4.35. The molecule has 0 unspecified atom stereocenters. The van der Waals surface area contributed by atoms with Crippen molar-refractivity contribution in [1.82, 2.24) is 20.5 Å². The number of nitrogens with zero attached hydrogens (tertiary/aromatic N) is 1. The second-order valence-corrected chi connectivity index (χ2v) is 8.58. The Kier molecular flexibility index (Phi) is 7.76. The molecule has 10 heteroatoms. The van der Waals surface area contributed by atoms with Crippen LogP contribution in [0.1, 0.15) is 25.8 Å². The van der Waals surface area contributed by atoms with Crippen LogP contribution >= 0.6 is 11.6 Å². The number of halogens is 2. The van der Waals surface area contributed by atoms with Crippen LogP contribution in [-0.4, -0.2) is 77.8 Å². The third-order valence-corrected chi connectivity index (χ3v) is 6.58. The second kappa shape index (κ2) is 10.2. The lowest BCUT2D eigenvalue weighted by Crippen LogP contribution is -2.58. The number of aliphatic hydroxyl groups is 1. The molecule has 1 aliphatic heterocycles. The molecule has 0 aliphatic carbocycles. The van der Waals surface area contributed by atoms with Crippen molar-refractivity contribution in [2.45, 2.75) is 57.0 Å². The van der Waals surface area contributed by atoms with Crippen molar-refractivity contribution >= 4 is 34.3 Å². The number of H-pyrrole nitrogens is 1. The van der Waals surface area contributed by atoms with Gasteiger partial charge < -0.3 is 30.4 Å². The number of hydrogen-bond acceptors (Lipinski definition) is 5. The lowest BCUT2D eigenvalue weighted by Gasteiger charge is -2.33. The van der Waals surface area contributed by atoms with Crippen molar-refractivity contribution in [1.29, 1.82) is 0 Å². The first kappa shape index (κ1) is 24.4. The van der Waals surface area contributed by atoms with Gasteiger partial charge >= 0.3 is 0 Å². The van der Waals surface area contributed by atoms with E-state index in [1.807, 2.05) is 0 Å². The van der Waals surface area contributed by atoms with Crippen LogP contribution in [0.3, 0.4) is 0 Å². The van der Waals surface area contributed by atoms with Gasteiger partial charge in [0.15, 0.2) is 0 Å². The van der Waals surface area contributed by atoms with Crippen LogP contribution in [0.25, 0.3) is 10.9 Å².